The van der Waals surface area contributed by atoms with Gasteiger partial charge >= 0.3 is 0 Å². The molecule has 0 radical (unpaired) electrons. The Balaban J connectivity index is 1.45. The highest BCUT2D eigenvalue weighted by Crippen LogP contribution is 2.43. The Bertz CT molecular complexity index is 295. The second-order valence-corrected chi connectivity index (χ2v) is 7.17. The lowest BCUT2D eigenvalue weighted by Crippen LogP contribution is -2.45. The average molecular weight is 280 g/mol. The summed E-state index contributed by atoms with van der Waals surface area (Å²) in [5.41, 5.74) is 0.299. The molecule has 1 spiro atoms. The smallest absolute Gasteiger partial charge is 0.0710 e. The monoisotopic (exact) mass is 280 g/mol. The Kier molecular flexibility index (Phi) is 5.00. The molecule has 2 unspecified atom stereocenters. The molecule has 116 valence electrons. The second-order valence-electron chi connectivity index (χ2n) is 7.17. The van der Waals surface area contributed by atoms with Gasteiger partial charge in [-0.15, -0.1) is 0 Å². The number of rotatable bonds is 5. The van der Waals surface area contributed by atoms with Gasteiger partial charge in [0.05, 0.1) is 11.7 Å². The maximum atomic E-state index is 6.47. The molecule has 3 nitrogen and oxygen atoms in total. The van der Waals surface area contributed by atoms with E-state index in [-0.39, 0.29) is 0 Å². The van der Waals surface area contributed by atoms with Gasteiger partial charge in [0, 0.05) is 19.1 Å². The van der Waals surface area contributed by atoms with Crippen molar-refractivity contribution in [3.63, 3.8) is 0 Å². The summed E-state index contributed by atoms with van der Waals surface area (Å²) in [5.74, 6) is 0. The van der Waals surface area contributed by atoms with E-state index in [0.717, 1.165) is 13.1 Å². The van der Waals surface area contributed by atoms with Gasteiger partial charge in [-0.1, -0.05) is 26.2 Å². The first-order valence-corrected chi connectivity index (χ1v) is 8.93. The minimum atomic E-state index is 0.299. The SMILES string of the molecule is CCN(CC1CCCCN1)CC1CCC2(CCCC2)O1. The van der Waals surface area contributed by atoms with Crippen molar-refractivity contribution < 1.29 is 4.74 Å². The molecule has 3 rings (SSSR count). The molecule has 2 saturated heterocycles. The molecule has 1 aliphatic carbocycles. The number of ether oxygens (including phenoxy) is 1. The van der Waals surface area contributed by atoms with Crippen LogP contribution < -0.4 is 5.32 Å². The zero-order chi connectivity index (χ0) is 13.8. The van der Waals surface area contributed by atoms with Crippen LogP contribution in [-0.4, -0.2) is 48.8 Å². The van der Waals surface area contributed by atoms with Gasteiger partial charge in [-0.25, -0.2) is 0 Å². The zero-order valence-corrected chi connectivity index (χ0v) is 13.2. The molecular weight excluding hydrogens is 248 g/mol. The van der Waals surface area contributed by atoms with Crippen LogP contribution in [0.3, 0.4) is 0 Å². The maximum Gasteiger partial charge on any atom is 0.0710 e. The molecule has 0 aromatic carbocycles. The first-order chi connectivity index (χ1) is 9.80. The van der Waals surface area contributed by atoms with Gasteiger partial charge in [-0.05, 0) is 51.6 Å². The van der Waals surface area contributed by atoms with Gasteiger partial charge in [0.15, 0.2) is 0 Å². The number of nitrogens with one attached hydrogen (secondary N) is 1. The van der Waals surface area contributed by atoms with Crippen molar-refractivity contribution in [3.05, 3.63) is 0 Å². The largest absolute Gasteiger partial charge is 0.370 e. The molecule has 0 aromatic heterocycles. The molecule has 20 heavy (non-hydrogen) atoms. The summed E-state index contributed by atoms with van der Waals surface area (Å²) in [6, 6.07) is 0.713. The van der Waals surface area contributed by atoms with Crippen LogP contribution >= 0.6 is 0 Å². The van der Waals surface area contributed by atoms with Crippen molar-refractivity contribution in [2.75, 3.05) is 26.2 Å². The third kappa shape index (κ3) is 3.55. The molecule has 2 heterocycles. The third-order valence-corrected chi connectivity index (χ3v) is 5.65. The predicted molar refractivity (Wildman–Crippen MR) is 83.1 cm³/mol. The van der Waals surface area contributed by atoms with Crippen LogP contribution in [0.2, 0.25) is 0 Å². The molecule has 2 atom stereocenters. The highest BCUT2D eigenvalue weighted by molar-refractivity contribution is 4.93. The van der Waals surface area contributed by atoms with Crippen LogP contribution in [0.15, 0.2) is 0 Å². The quantitative estimate of drug-likeness (QED) is 0.838. The zero-order valence-electron chi connectivity index (χ0n) is 13.2. The van der Waals surface area contributed by atoms with E-state index < -0.39 is 0 Å². The average Bonchev–Trinajstić information content (AvgIpc) is 3.10. The molecule has 0 bridgehead atoms. The fraction of sp³-hybridized carbons (Fsp3) is 1.00. The Morgan fingerprint density at radius 3 is 2.60 bits per heavy atom. The topological polar surface area (TPSA) is 24.5 Å². The van der Waals surface area contributed by atoms with Crippen molar-refractivity contribution in [2.45, 2.75) is 82.5 Å². The maximum absolute atomic E-state index is 6.47. The molecule has 1 N–H and O–H groups in total. The first kappa shape index (κ1) is 14.8. The third-order valence-electron chi connectivity index (χ3n) is 5.65. The van der Waals surface area contributed by atoms with Gasteiger partial charge in [0.2, 0.25) is 0 Å². The molecule has 0 aromatic rings. The normalized spacial score (nSPS) is 33.3. The number of hydrogen-bond acceptors (Lipinski definition) is 3. The summed E-state index contributed by atoms with van der Waals surface area (Å²) in [6.45, 7) is 7.03. The van der Waals surface area contributed by atoms with Crippen molar-refractivity contribution in [1.82, 2.24) is 10.2 Å². The predicted octanol–water partition coefficient (Wildman–Crippen LogP) is 2.94. The van der Waals surface area contributed by atoms with Gasteiger partial charge in [-0.2, -0.15) is 0 Å². The Hall–Kier alpha value is -0.120. The minimum Gasteiger partial charge on any atom is -0.370 e. The number of nitrogens with zero attached hydrogens (tertiary/aromatic N) is 1. The highest BCUT2D eigenvalue weighted by atomic mass is 16.5. The van der Waals surface area contributed by atoms with Crippen molar-refractivity contribution in [1.29, 1.82) is 0 Å². The van der Waals surface area contributed by atoms with E-state index in [0.29, 0.717) is 17.7 Å². The van der Waals surface area contributed by atoms with Crippen LogP contribution in [0.25, 0.3) is 0 Å². The highest BCUT2D eigenvalue weighted by Gasteiger charge is 2.42. The molecule has 3 aliphatic rings. The van der Waals surface area contributed by atoms with Crippen LogP contribution in [0.4, 0.5) is 0 Å². The van der Waals surface area contributed by atoms with E-state index in [4.69, 9.17) is 4.74 Å². The van der Waals surface area contributed by atoms with Crippen molar-refractivity contribution >= 4 is 0 Å². The van der Waals surface area contributed by atoms with Crippen LogP contribution in [-0.2, 0) is 4.74 Å². The second kappa shape index (κ2) is 6.76. The molecule has 2 aliphatic heterocycles. The number of likely N-dealkylation sites (N-methyl/N-ethyl adjacent to an activating group) is 1. The summed E-state index contributed by atoms with van der Waals surface area (Å²) in [4.78, 5) is 2.61. The standard InChI is InChI=1S/C17H32N2O/c1-2-19(13-15-7-3-6-12-18-15)14-16-8-11-17(20-16)9-4-5-10-17/h15-16,18H,2-14H2,1H3. The van der Waals surface area contributed by atoms with E-state index in [1.54, 1.807) is 0 Å². The fourth-order valence-electron chi connectivity index (χ4n) is 4.42. The van der Waals surface area contributed by atoms with Crippen molar-refractivity contribution in [2.24, 2.45) is 0 Å². The summed E-state index contributed by atoms with van der Waals surface area (Å²) in [7, 11) is 0. The molecular formula is C17H32N2O. The van der Waals surface area contributed by atoms with Crippen LogP contribution in [0.5, 0.6) is 0 Å². The van der Waals surface area contributed by atoms with E-state index in [2.05, 4.69) is 17.1 Å². The van der Waals surface area contributed by atoms with Crippen molar-refractivity contribution in [3.8, 4) is 0 Å². The van der Waals surface area contributed by atoms with E-state index in [1.165, 1.54) is 70.9 Å². The number of piperidine rings is 1. The van der Waals surface area contributed by atoms with Crippen LogP contribution in [0, 0.1) is 0 Å². The summed E-state index contributed by atoms with van der Waals surface area (Å²) < 4.78 is 6.47. The summed E-state index contributed by atoms with van der Waals surface area (Å²) in [6.07, 6.45) is 12.6. The van der Waals surface area contributed by atoms with Gasteiger partial charge in [0.1, 0.15) is 0 Å². The van der Waals surface area contributed by atoms with Gasteiger partial charge in [-0.3, -0.25) is 4.90 Å². The van der Waals surface area contributed by atoms with E-state index in [1.807, 2.05) is 0 Å². The molecule has 3 fully saturated rings. The van der Waals surface area contributed by atoms with E-state index >= 15 is 0 Å². The first-order valence-electron chi connectivity index (χ1n) is 8.93. The van der Waals surface area contributed by atoms with Crippen LogP contribution in [0.1, 0.15) is 64.7 Å². The summed E-state index contributed by atoms with van der Waals surface area (Å²) in [5, 5.41) is 3.67. The van der Waals surface area contributed by atoms with Gasteiger partial charge in [0.25, 0.3) is 0 Å². The molecule has 0 amide bonds. The lowest BCUT2D eigenvalue weighted by molar-refractivity contribution is -0.0476. The molecule has 1 saturated carbocycles. The minimum absolute atomic E-state index is 0.299. The Morgan fingerprint density at radius 2 is 1.90 bits per heavy atom. The Labute approximate surface area is 124 Å². The summed E-state index contributed by atoms with van der Waals surface area (Å²) >= 11 is 0. The fourth-order valence-corrected chi connectivity index (χ4v) is 4.42. The lowest BCUT2D eigenvalue weighted by Gasteiger charge is -2.32. The number of hydrogen-bond donors (Lipinski definition) is 1. The van der Waals surface area contributed by atoms with Gasteiger partial charge < -0.3 is 10.1 Å². The molecule has 3 heteroatoms. The van der Waals surface area contributed by atoms with E-state index in [9.17, 15) is 0 Å². The Morgan fingerprint density at radius 1 is 1.05 bits per heavy atom. The lowest BCUT2D eigenvalue weighted by atomic mass is 9.98.